The zero-order valence-electron chi connectivity index (χ0n) is 18.4. The van der Waals surface area contributed by atoms with Crippen LogP contribution in [0.1, 0.15) is 30.5 Å². The highest BCUT2D eigenvalue weighted by atomic mass is 16.2. The number of rotatable bonds is 6. The fraction of sp³-hybridized carbons (Fsp3) is 0.458. The second kappa shape index (κ2) is 9.31. The van der Waals surface area contributed by atoms with Gasteiger partial charge in [-0.2, -0.15) is 0 Å². The Balaban J connectivity index is 1.58. The van der Waals surface area contributed by atoms with Crippen molar-refractivity contribution in [2.24, 2.45) is 0 Å². The lowest BCUT2D eigenvalue weighted by molar-refractivity contribution is -0.116. The molecule has 2 aromatic rings. The molecular formula is C24H34N4O. The van der Waals surface area contributed by atoms with Gasteiger partial charge in [-0.3, -0.25) is 4.79 Å². The second-order valence-electron chi connectivity index (χ2n) is 8.10. The molecule has 2 N–H and O–H groups in total. The Bertz CT molecular complexity index is 815. The molecule has 156 valence electrons. The van der Waals surface area contributed by atoms with Crippen LogP contribution in [0.4, 0.5) is 17.1 Å². The largest absolute Gasteiger partial charge is 0.374 e. The van der Waals surface area contributed by atoms with Crippen LogP contribution in [0, 0.1) is 20.8 Å². The predicted molar refractivity (Wildman–Crippen MR) is 123 cm³/mol. The van der Waals surface area contributed by atoms with Gasteiger partial charge in [0.25, 0.3) is 0 Å². The average Bonchev–Trinajstić information content (AvgIpc) is 2.71. The first-order valence-electron chi connectivity index (χ1n) is 10.6. The molecule has 1 fully saturated rings. The molecule has 0 bridgehead atoms. The Kier molecular flexibility index (Phi) is 6.80. The van der Waals surface area contributed by atoms with E-state index in [9.17, 15) is 4.79 Å². The molecule has 1 saturated heterocycles. The van der Waals surface area contributed by atoms with Crippen LogP contribution in [0.15, 0.2) is 36.4 Å². The van der Waals surface area contributed by atoms with E-state index >= 15 is 0 Å². The van der Waals surface area contributed by atoms with Gasteiger partial charge in [0.2, 0.25) is 5.91 Å². The molecule has 0 spiro atoms. The number of hydrogen-bond acceptors (Lipinski definition) is 4. The average molecular weight is 395 g/mol. The Morgan fingerprint density at radius 2 is 1.59 bits per heavy atom. The Morgan fingerprint density at radius 1 is 1.00 bits per heavy atom. The van der Waals surface area contributed by atoms with E-state index in [4.69, 9.17) is 0 Å². The number of carbonyl (C=O) groups excluding carboxylic acids is 1. The standard InChI is InChI=1S/C24H34N4O/c1-6-27-11-13-28(14-12-27)22-9-7-21(8-10-22)25-20(5)24(29)26-23-18(3)15-17(2)16-19(23)4/h7-10,15-16,20,25H,6,11-14H2,1-5H3,(H,26,29)/t20-/m1/s1. The maximum absolute atomic E-state index is 12.7. The molecule has 1 atom stereocenters. The van der Waals surface area contributed by atoms with E-state index in [0.29, 0.717) is 0 Å². The summed E-state index contributed by atoms with van der Waals surface area (Å²) in [5.41, 5.74) is 6.51. The molecule has 3 rings (SSSR count). The van der Waals surface area contributed by atoms with Crippen molar-refractivity contribution in [1.29, 1.82) is 0 Å². The summed E-state index contributed by atoms with van der Waals surface area (Å²) in [7, 11) is 0. The van der Waals surface area contributed by atoms with E-state index in [1.165, 1.54) is 11.3 Å². The van der Waals surface area contributed by atoms with Crippen LogP contribution >= 0.6 is 0 Å². The first kappa shape index (κ1) is 21.2. The summed E-state index contributed by atoms with van der Waals surface area (Å²) in [6.45, 7) is 15.7. The highest BCUT2D eigenvalue weighted by molar-refractivity contribution is 5.97. The minimum Gasteiger partial charge on any atom is -0.374 e. The van der Waals surface area contributed by atoms with Gasteiger partial charge in [-0.05, 0) is 69.6 Å². The normalized spacial score (nSPS) is 15.8. The lowest BCUT2D eigenvalue weighted by Gasteiger charge is -2.35. The van der Waals surface area contributed by atoms with Crippen LogP contribution in [0.5, 0.6) is 0 Å². The molecule has 0 aromatic heterocycles. The number of nitrogens with one attached hydrogen (secondary N) is 2. The molecule has 0 radical (unpaired) electrons. The van der Waals surface area contributed by atoms with Crippen molar-refractivity contribution < 1.29 is 4.79 Å². The van der Waals surface area contributed by atoms with Crippen molar-refractivity contribution in [1.82, 2.24) is 4.90 Å². The van der Waals surface area contributed by atoms with Crippen molar-refractivity contribution in [3.05, 3.63) is 53.1 Å². The summed E-state index contributed by atoms with van der Waals surface area (Å²) in [6.07, 6.45) is 0. The van der Waals surface area contributed by atoms with Gasteiger partial charge in [0.1, 0.15) is 6.04 Å². The van der Waals surface area contributed by atoms with Gasteiger partial charge in [-0.25, -0.2) is 0 Å². The number of aryl methyl sites for hydroxylation is 3. The molecule has 5 nitrogen and oxygen atoms in total. The van der Waals surface area contributed by atoms with Gasteiger partial charge in [0, 0.05) is 43.2 Å². The van der Waals surface area contributed by atoms with Crippen molar-refractivity contribution >= 4 is 23.0 Å². The minimum atomic E-state index is -0.325. The van der Waals surface area contributed by atoms with Gasteiger partial charge in [0.05, 0.1) is 0 Å². The number of likely N-dealkylation sites (N-methyl/N-ethyl adjacent to an activating group) is 1. The Hall–Kier alpha value is -2.53. The van der Waals surface area contributed by atoms with Gasteiger partial charge in [-0.1, -0.05) is 24.6 Å². The van der Waals surface area contributed by atoms with E-state index in [1.54, 1.807) is 0 Å². The highest BCUT2D eigenvalue weighted by Gasteiger charge is 2.17. The van der Waals surface area contributed by atoms with E-state index in [-0.39, 0.29) is 11.9 Å². The molecular weight excluding hydrogens is 360 g/mol. The Morgan fingerprint density at radius 3 is 2.14 bits per heavy atom. The third kappa shape index (κ3) is 5.30. The molecule has 1 aliphatic rings. The van der Waals surface area contributed by atoms with Crippen LogP contribution in [-0.4, -0.2) is 49.6 Å². The van der Waals surface area contributed by atoms with Crippen LogP contribution in [0.3, 0.4) is 0 Å². The molecule has 1 amide bonds. The molecule has 1 aliphatic heterocycles. The summed E-state index contributed by atoms with van der Waals surface area (Å²) in [5, 5.41) is 6.40. The number of anilines is 3. The van der Waals surface area contributed by atoms with Gasteiger partial charge in [0.15, 0.2) is 0 Å². The number of nitrogens with zero attached hydrogens (tertiary/aromatic N) is 2. The van der Waals surface area contributed by atoms with Gasteiger partial charge < -0.3 is 20.4 Å². The molecule has 0 saturated carbocycles. The van der Waals surface area contributed by atoms with Gasteiger partial charge in [-0.15, -0.1) is 0 Å². The van der Waals surface area contributed by atoms with Crippen molar-refractivity contribution in [3.63, 3.8) is 0 Å². The molecule has 2 aromatic carbocycles. The third-order valence-corrected chi connectivity index (χ3v) is 5.75. The summed E-state index contributed by atoms with van der Waals surface area (Å²) in [6, 6.07) is 12.3. The van der Waals surface area contributed by atoms with Crippen molar-refractivity contribution in [2.75, 3.05) is 48.3 Å². The van der Waals surface area contributed by atoms with Gasteiger partial charge >= 0.3 is 0 Å². The lowest BCUT2D eigenvalue weighted by atomic mass is 10.0. The van der Waals surface area contributed by atoms with Crippen molar-refractivity contribution in [3.8, 4) is 0 Å². The molecule has 1 heterocycles. The molecule has 5 heteroatoms. The second-order valence-corrected chi connectivity index (χ2v) is 8.10. The van der Waals surface area contributed by atoms with E-state index in [0.717, 1.165) is 55.2 Å². The summed E-state index contributed by atoms with van der Waals surface area (Å²) in [5.74, 6) is -0.0279. The zero-order valence-corrected chi connectivity index (χ0v) is 18.4. The SMILES string of the molecule is CCN1CCN(c2ccc(N[C@H](C)C(=O)Nc3c(C)cc(C)cc3C)cc2)CC1. The predicted octanol–water partition coefficient (Wildman–Crippen LogP) is 4.19. The number of amides is 1. The van der Waals surface area contributed by atoms with E-state index in [1.807, 2.05) is 20.8 Å². The first-order valence-corrected chi connectivity index (χ1v) is 10.6. The van der Waals surface area contributed by atoms with Crippen LogP contribution in [0.25, 0.3) is 0 Å². The topological polar surface area (TPSA) is 47.6 Å². The zero-order chi connectivity index (χ0) is 21.0. The smallest absolute Gasteiger partial charge is 0.246 e. The van der Waals surface area contributed by atoms with Crippen LogP contribution in [0.2, 0.25) is 0 Å². The number of benzene rings is 2. The highest BCUT2D eigenvalue weighted by Crippen LogP contribution is 2.23. The third-order valence-electron chi connectivity index (χ3n) is 5.75. The Labute approximate surface area is 175 Å². The first-order chi connectivity index (χ1) is 13.9. The van der Waals surface area contributed by atoms with Crippen molar-refractivity contribution in [2.45, 2.75) is 40.7 Å². The molecule has 29 heavy (non-hydrogen) atoms. The monoisotopic (exact) mass is 394 g/mol. The number of hydrogen-bond donors (Lipinski definition) is 2. The molecule has 0 aliphatic carbocycles. The summed E-state index contributed by atoms with van der Waals surface area (Å²) >= 11 is 0. The van der Waals surface area contributed by atoms with Crippen LogP contribution < -0.4 is 15.5 Å². The lowest BCUT2D eigenvalue weighted by Crippen LogP contribution is -2.46. The quantitative estimate of drug-likeness (QED) is 0.771. The number of piperazine rings is 1. The maximum atomic E-state index is 12.7. The summed E-state index contributed by atoms with van der Waals surface area (Å²) in [4.78, 5) is 17.6. The summed E-state index contributed by atoms with van der Waals surface area (Å²) < 4.78 is 0. The van der Waals surface area contributed by atoms with E-state index in [2.05, 4.69) is 70.7 Å². The maximum Gasteiger partial charge on any atom is 0.246 e. The fourth-order valence-electron chi connectivity index (χ4n) is 4.01. The number of carbonyl (C=O) groups is 1. The van der Waals surface area contributed by atoms with Crippen LogP contribution in [-0.2, 0) is 4.79 Å². The molecule has 0 unspecified atom stereocenters. The fourth-order valence-corrected chi connectivity index (χ4v) is 4.01. The minimum absolute atomic E-state index is 0.0279. The van der Waals surface area contributed by atoms with E-state index < -0.39 is 0 Å².